The van der Waals surface area contributed by atoms with Crippen molar-refractivity contribution in [3.63, 3.8) is 0 Å². The van der Waals surface area contributed by atoms with Crippen molar-refractivity contribution in [2.75, 3.05) is 18.6 Å². The Kier molecular flexibility index (Phi) is 6.08. The monoisotopic (exact) mass is 277 g/mol. The fourth-order valence-corrected chi connectivity index (χ4v) is 3.65. The highest BCUT2D eigenvalue weighted by Crippen LogP contribution is 2.14. The standard InChI is InChI=1S/C12H23NO4S/c1-3-4-5-11(12(14)17-2)13-10-6-8-18(15,16)9-7-10/h10-11,13H,3-9H2,1-2H3. The first-order valence-electron chi connectivity index (χ1n) is 6.53. The van der Waals surface area contributed by atoms with Gasteiger partial charge in [-0.1, -0.05) is 19.8 Å². The molecule has 1 rings (SSSR count). The number of unbranched alkanes of at least 4 members (excludes halogenated alkanes) is 1. The summed E-state index contributed by atoms with van der Waals surface area (Å²) in [5, 5.41) is 3.24. The first-order chi connectivity index (χ1) is 8.48. The van der Waals surface area contributed by atoms with Gasteiger partial charge < -0.3 is 10.1 Å². The summed E-state index contributed by atoms with van der Waals surface area (Å²) in [5.41, 5.74) is 0. The molecule has 5 nitrogen and oxygen atoms in total. The van der Waals surface area contributed by atoms with E-state index in [9.17, 15) is 13.2 Å². The molecule has 1 atom stereocenters. The van der Waals surface area contributed by atoms with Crippen LogP contribution in [0.5, 0.6) is 0 Å². The molecule has 0 aromatic heterocycles. The van der Waals surface area contributed by atoms with Crippen LogP contribution < -0.4 is 5.32 Å². The summed E-state index contributed by atoms with van der Waals surface area (Å²) in [5.74, 6) is 0.176. The second kappa shape index (κ2) is 7.09. The quantitative estimate of drug-likeness (QED) is 0.730. The molecule has 1 heterocycles. The van der Waals surface area contributed by atoms with E-state index in [1.54, 1.807) is 0 Å². The Hall–Kier alpha value is -0.620. The summed E-state index contributed by atoms with van der Waals surface area (Å²) in [6.45, 7) is 2.07. The lowest BCUT2D eigenvalue weighted by atomic mass is 10.1. The van der Waals surface area contributed by atoms with Gasteiger partial charge in [0.1, 0.15) is 15.9 Å². The Morgan fingerprint density at radius 3 is 2.50 bits per heavy atom. The molecule has 1 unspecified atom stereocenters. The minimum absolute atomic E-state index is 0.106. The third-order valence-electron chi connectivity index (χ3n) is 3.32. The molecule has 0 aromatic carbocycles. The van der Waals surface area contributed by atoms with Crippen molar-refractivity contribution in [1.82, 2.24) is 5.32 Å². The van der Waals surface area contributed by atoms with Gasteiger partial charge in [0.15, 0.2) is 0 Å². The van der Waals surface area contributed by atoms with E-state index in [1.807, 2.05) is 0 Å². The van der Waals surface area contributed by atoms with Gasteiger partial charge in [-0.15, -0.1) is 0 Å². The Morgan fingerprint density at radius 1 is 1.39 bits per heavy atom. The SMILES string of the molecule is CCCCC(NC1CCS(=O)(=O)CC1)C(=O)OC. The Balaban J connectivity index is 2.48. The molecule has 0 spiro atoms. The molecule has 1 N–H and O–H groups in total. The fraction of sp³-hybridized carbons (Fsp3) is 0.917. The van der Waals surface area contributed by atoms with Gasteiger partial charge in [0.05, 0.1) is 18.6 Å². The van der Waals surface area contributed by atoms with Crippen LogP contribution >= 0.6 is 0 Å². The van der Waals surface area contributed by atoms with Gasteiger partial charge in [0.2, 0.25) is 0 Å². The molecule has 106 valence electrons. The largest absolute Gasteiger partial charge is 0.468 e. The zero-order chi connectivity index (χ0) is 13.6. The van der Waals surface area contributed by atoms with E-state index >= 15 is 0 Å². The van der Waals surface area contributed by atoms with E-state index in [2.05, 4.69) is 12.2 Å². The number of carbonyl (C=O) groups excluding carboxylic acids is 1. The predicted molar refractivity (Wildman–Crippen MR) is 70.1 cm³/mol. The van der Waals surface area contributed by atoms with E-state index in [-0.39, 0.29) is 29.6 Å². The van der Waals surface area contributed by atoms with E-state index in [0.29, 0.717) is 12.8 Å². The lowest BCUT2D eigenvalue weighted by Crippen LogP contribution is -2.47. The molecule has 0 bridgehead atoms. The third kappa shape index (κ3) is 4.94. The number of sulfone groups is 1. The number of esters is 1. The maximum Gasteiger partial charge on any atom is 0.322 e. The van der Waals surface area contributed by atoms with Crippen LogP contribution in [-0.4, -0.2) is 45.1 Å². The summed E-state index contributed by atoms with van der Waals surface area (Å²) in [7, 11) is -1.47. The molecule has 1 aliphatic rings. The lowest BCUT2D eigenvalue weighted by molar-refractivity contribution is -0.143. The first kappa shape index (κ1) is 15.4. The number of carbonyl (C=O) groups is 1. The van der Waals surface area contributed by atoms with Gasteiger partial charge >= 0.3 is 5.97 Å². The van der Waals surface area contributed by atoms with Crippen LogP contribution in [0.3, 0.4) is 0 Å². The molecule has 6 heteroatoms. The third-order valence-corrected chi connectivity index (χ3v) is 5.04. The van der Waals surface area contributed by atoms with Gasteiger partial charge in [0.25, 0.3) is 0 Å². The van der Waals surface area contributed by atoms with Crippen molar-refractivity contribution in [2.45, 2.75) is 51.1 Å². The molecule has 0 amide bonds. The van der Waals surface area contributed by atoms with E-state index in [0.717, 1.165) is 19.3 Å². The normalized spacial score (nSPS) is 21.4. The molecule has 0 aliphatic carbocycles. The minimum Gasteiger partial charge on any atom is -0.468 e. The Labute approximate surface area is 109 Å². The van der Waals surface area contributed by atoms with Crippen molar-refractivity contribution in [3.8, 4) is 0 Å². The van der Waals surface area contributed by atoms with Gasteiger partial charge in [-0.25, -0.2) is 8.42 Å². The maximum absolute atomic E-state index is 11.6. The second-order valence-electron chi connectivity index (χ2n) is 4.81. The smallest absolute Gasteiger partial charge is 0.322 e. The highest BCUT2D eigenvalue weighted by Gasteiger charge is 2.27. The van der Waals surface area contributed by atoms with Crippen molar-refractivity contribution in [2.24, 2.45) is 0 Å². The van der Waals surface area contributed by atoms with E-state index < -0.39 is 9.84 Å². The fourth-order valence-electron chi connectivity index (χ4n) is 2.16. The molecule has 1 fully saturated rings. The minimum atomic E-state index is -2.85. The molecule has 18 heavy (non-hydrogen) atoms. The van der Waals surface area contributed by atoms with Crippen molar-refractivity contribution in [1.29, 1.82) is 0 Å². The lowest BCUT2D eigenvalue weighted by Gasteiger charge is -2.27. The van der Waals surface area contributed by atoms with Gasteiger partial charge in [-0.3, -0.25) is 4.79 Å². The van der Waals surface area contributed by atoms with E-state index in [1.165, 1.54) is 7.11 Å². The zero-order valence-electron chi connectivity index (χ0n) is 11.1. The van der Waals surface area contributed by atoms with Crippen LogP contribution in [0, 0.1) is 0 Å². The summed E-state index contributed by atoms with van der Waals surface area (Å²) in [6.07, 6.45) is 3.89. The average Bonchev–Trinajstić information content (AvgIpc) is 2.35. The first-order valence-corrected chi connectivity index (χ1v) is 8.35. The number of nitrogens with one attached hydrogen (secondary N) is 1. The highest BCUT2D eigenvalue weighted by atomic mass is 32.2. The van der Waals surface area contributed by atoms with Crippen molar-refractivity contribution >= 4 is 15.8 Å². The summed E-state index contributed by atoms with van der Waals surface area (Å²) in [4.78, 5) is 11.6. The molecule has 1 saturated heterocycles. The summed E-state index contributed by atoms with van der Waals surface area (Å²) in [6, 6.07) is -0.199. The number of methoxy groups -OCH3 is 1. The van der Waals surface area contributed by atoms with Crippen molar-refractivity contribution in [3.05, 3.63) is 0 Å². The number of hydrogen-bond donors (Lipinski definition) is 1. The molecule has 0 saturated carbocycles. The number of rotatable bonds is 6. The van der Waals surface area contributed by atoms with Gasteiger partial charge in [-0.2, -0.15) is 0 Å². The Bertz CT molecular complexity index is 352. The molecular formula is C12H23NO4S. The van der Waals surface area contributed by atoms with Gasteiger partial charge in [0, 0.05) is 6.04 Å². The average molecular weight is 277 g/mol. The van der Waals surface area contributed by atoms with Crippen LogP contribution in [0.25, 0.3) is 0 Å². The molecule has 0 radical (unpaired) electrons. The summed E-state index contributed by atoms with van der Waals surface area (Å²) < 4.78 is 27.4. The number of ether oxygens (including phenoxy) is 1. The molecule has 0 aromatic rings. The van der Waals surface area contributed by atoms with E-state index in [4.69, 9.17) is 4.74 Å². The zero-order valence-corrected chi connectivity index (χ0v) is 12.0. The second-order valence-corrected chi connectivity index (χ2v) is 7.11. The van der Waals surface area contributed by atoms with Crippen LogP contribution in [0.15, 0.2) is 0 Å². The Morgan fingerprint density at radius 2 is 2.00 bits per heavy atom. The molecular weight excluding hydrogens is 254 g/mol. The number of hydrogen-bond acceptors (Lipinski definition) is 5. The van der Waals surface area contributed by atoms with Crippen LogP contribution in [0.1, 0.15) is 39.0 Å². The van der Waals surface area contributed by atoms with Crippen molar-refractivity contribution < 1.29 is 17.9 Å². The highest BCUT2D eigenvalue weighted by molar-refractivity contribution is 7.91. The topological polar surface area (TPSA) is 72.5 Å². The summed E-state index contributed by atoms with van der Waals surface area (Å²) >= 11 is 0. The van der Waals surface area contributed by atoms with Crippen LogP contribution in [0.2, 0.25) is 0 Å². The van der Waals surface area contributed by atoms with Crippen LogP contribution in [0.4, 0.5) is 0 Å². The van der Waals surface area contributed by atoms with Crippen LogP contribution in [-0.2, 0) is 19.4 Å². The van der Waals surface area contributed by atoms with Gasteiger partial charge in [-0.05, 0) is 19.3 Å². The maximum atomic E-state index is 11.6. The molecule has 1 aliphatic heterocycles. The predicted octanol–water partition coefficient (Wildman–Crippen LogP) is 0.885.